The lowest BCUT2D eigenvalue weighted by Gasteiger charge is -2.22. The van der Waals surface area contributed by atoms with Crippen LogP contribution in [0.4, 0.5) is 0 Å². The van der Waals surface area contributed by atoms with Gasteiger partial charge in [0.1, 0.15) is 12.1 Å². The van der Waals surface area contributed by atoms with Crippen molar-refractivity contribution in [1.82, 2.24) is 10.6 Å². The van der Waals surface area contributed by atoms with E-state index in [9.17, 15) is 19.2 Å². The molecule has 0 radical (unpaired) electrons. The van der Waals surface area contributed by atoms with Crippen LogP contribution >= 0.6 is 11.3 Å². The maximum absolute atomic E-state index is 12.8. The average Bonchev–Trinajstić information content (AvgIpc) is 3.19. The highest BCUT2D eigenvalue weighted by molar-refractivity contribution is 7.09. The van der Waals surface area contributed by atoms with Crippen LogP contribution < -0.4 is 22.1 Å². The number of hydrogen-bond acceptors (Lipinski definition) is 5. The lowest BCUT2D eigenvalue weighted by Crippen LogP contribution is -2.54. The SMILES string of the molecule is NC(=O)CCC(=O)N[C@H](Cc1cccs1)C(=O)N[C@@H](Cc1ccccc1)C(N)=O. The van der Waals surface area contributed by atoms with Gasteiger partial charge in [0.05, 0.1) is 0 Å². The minimum Gasteiger partial charge on any atom is -0.370 e. The van der Waals surface area contributed by atoms with Crippen molar-refractivity contribution in [1.29, 1.82) is 0 Å². The molecule has 1 aromatic heterocycles. The largest absolute Gasteiger partial charge is 0.370 e. The number of benzene rings is 1. The number of primary amides is 2. The van der Waals surface area contributed by atoms with E-state index in [-0.39, 0.29) is 25.7 Å². The van der Waals surface area contributed by atoms with E-state index in [0.29, 0.717) is 0 Å². The van der Waals surface area contributed by atoms with Crippen molar-refractivity contribution in [2.75, 3.05) is 0 Å². The van der Waals surface area contributed by atoms with Gasteiger partial charge in [0.25, 0.3) is 0 Å². The molecule has 0 saturated carbocycles. The summed E-state index contributed by atoms with van der Waals surface area (Å²) < 4.78 is 0. The van der Waals surface area contributed by atoms with Crippen LogP contribution in [-0.4, -0.2) is 35.7 Å². The number of nitrogens with two attached hydrogens (primary N) is 2. The monoisotopic (exact) mass is 416 g/mol. The lowest BCUT2D eigenvalue weighted by atomic mass is 10.0. The molecular formula is C20H24N4O4S. The van der Waals surface area contributed by atoms with Crippen molar-refractivity contribution in [3.05, 3.63) is 58.3 Å². The molecule has 0 aliphatic carbocycles. The van der Waals surface area contributed by atoms with Gasteiger partial charge in [-0.05, 0) is 17.0 Å². The summed E-state index contributed by atoms with van der Waals surface area (Å²) >= 11 is 1.44. The van der Waals surface area contributed by atoms with Crippen molar-refractivity contribution >= 4 is 35.0 Å². The molecule has 2 aromatic rings. The van der Waals surface area contributed by atoms with Crippen LogP contribution in [0, 0.1) is 0 Å². The molecule has 0 fully saturated rings. The summed E-state index contributed by atoms with van der Waals surface area (Å²) in [5.74, 6) is -2.27. The minimum atomic E-state index is -0.918. The zero-order chi connectivity index (χ0) is 21.2. The molecule has 9 heteroatoms. The first-order valence-corrected chi connectivity index (χ1v) is 9.96. The van der Waals surface area contributed by atoms with Crippen LogP contribution in [0.3, 0.4) is 0 Å². The topological polar surface area (TPSA) is 144 Å². The highest BCUT2D eigenvalue weighted by atomic mass is 32.1. The van der Waals surface area contributed by atoms with E-state index in [1.54, 1.807) is 0 Å². The minimum absolute atomic E-state index is 0.114. The van der Waals surface area contributed by atoms with Crippen molar-refractivity contribution in [3.63, 3.8) is 0 Å². The molecule has 1 heterocycles. The number of rotatable bonds is 11. The van der Waals surface area contributed by atoms with Gasteiger partial charge in [-0.3, -0.25) is 19.2 Å². The number of carbonyl (C=O) groups is 4. The summed E-state index contributed by atoms with van der Waals surface area (Å²) in [6.07, 6.45) is 0.260. The summed E-state index contributed by atoms with van der Waals surface area (Å²) in [5.41, 5.74) is 11.4. The number of nitrogens with one attached hydrogen (secondary N) is 2. The van der Waals surface area contributed by atoms with Gasteiger partial charge in [0, 0.05) is 30.6 Å². The predicted molar refractivity (Wildman–Crippen MR) is 110 cm³/mol. The number of carbonyl (C=O) groups excluding carboxylic acids is 4. The van der Waals surface area contributed by atoms with E-state index in [1.165, 1.54) is 11.3 Å². The fraction of sp³-hybridized carbons (Fsp3) is 0.300. The highest BCUT2D eigenvalue weighted by Gasteiger charge is 2.26. The third-order valence-electron chi connectivity index (χ3n) is 4.18. The Hall–Kier alpha value is -3.20. The molecule has 0 bridgehead atoms. The fourth-order valence-electron chi connectivity index (χ4n) is 2.69. The fourth-order valence-corrected chi connectivity index (χ4v) is 3.44. The molecule has 4 amide bonds. The Bertz CT molecular complexity index is 839. The molecule has 1 aromatic carbocycles. The average molecular weight is 417 g/mol. The second kappa shape index (κ2) is 11.0. The van der Waals surface area contributed by atoms with Gasteiger partial charge < -0.3 is 22.1 Å². The molecule has 29 heavy (non-hydrogen) atoms. The second-order valence-electron chi connectivity index (χ2n) is 6.52. The van der Waals surface area contributed by atoms with Crippen LogP contribution in [0.25, 0.3) is 0 Å². The smallest absolute Gasteiger partial charge is 0.243 e. The van der Waals surface area contributed by atoms with E-state index < -0.39 is 35.7 Å². The molecule has 0 saturated heterocycles. The Morgan fingerprint density at radius 3 is 2.17 bits per heavy atom. The summed E-state index contributed by atoms with van der Waals surface area (Å²) in [6, 6.07) is 11.0. The normalized spacial score (nSPS) is 12.6. The van der Waals surface area contributed by atoms with Crippen molar-refractivity contribution in [2.45, 2.75) is 37.8 Å². The quantitative estimate of drug-likeness (QED) is 0.416. The van der Waals surface area contributed by atoms with Gasteiger partial charge in [-0.15, -0.1) is 11.3 Å². The Labute approximate surface area is 172 Å². The Morgan fingerprint density at radius 2 is 1.59 bits per heavy atom. The summed E-state index contributed by atoms with van der Waals surface area (Å²) in [5, 5.41) is 7.11. The maximum atomic E-state index is 12.8. The van der Waals surface area contributed by atoms with Gasteiger partial charge in [0.2, 0.25) is 23.6 Å². The van der Waals surface area contributed by atoms with Crippen LogP contribution in [-0.2, 0) is 32.0 Å². The third kappa shape index (κ3) is 7.74. The van der Waals surface area contributed by atoms with Crippen LogP contribution in [0.1, 0.15) is 23.3 Å². The van der Waals surface area contributed by atoms with Gasteiger partial charge in [0.15, 0.2) is 0 Å². The molecule has 2 atom stereocenters. The molecular weight excluding hydrogens is 392 g/mol. The zero-order valence-electron chi connectivity index (χ0n) is 15.8. The third-order valence-corrected chi connectivity index (χ3v) is 5.08. The Kier molecular flexibility index (Phi) is 8.35. The number of hydrogen-bond donors (Lipinski definition) is 4. The van der Waals surface area contributed by atoms with E-state index in [0.717, 1.165) is 10.4 Å². The van der Waals surface area contributed by atoms with Gasteiger partial charge in [-0.25, -0.2) is 0 Å². The van der Waals surface area contributed by atoms with Crippen LogP contribution in [0.2, 0.25) is 0 Å². The first-order chi connectivity index (χ1) is 13.8. The first-order valence-electron chi connectivity index (χ1n) is 9.09. The molecule has 8 nitrogen and oxygen atoms in total. The molecule has 6 N–H and O–H groups in total. The summed E-state index contributed by atoms with van der Waals surface area (Å²) in [6.45, 7) is 0. The standard InChI is InChI=1S/C20H24N4O4S/c21-17(25)8-9-18(26)23-16(12-14-7-4-10-29-14)20(28)24-15(19(22)27)11-13-5-2-1-3-6-13/h1-7,10,15-16H,8-9,11-12H2,(H2,21,25)(H2,22,27)(H,23,26)(H,24,28)/t15-,16+/m0/s1. The van der Waals surface area contributed by atoms with Crippen molar-refractivity contribution < 1.29 is 19.2 Å². The van der Waals surface area contributed by atoms with Crippen molar-refractivity contribution in [3.8, 4) is 0 Å². The molecule has 0 aliphatic rings. The second-order valence-corrected chi connectivity index (χ2v) is 7.56. The number of amides is 4. The predicted octanol–water partition coefficient (Wildman–Crippen LogP) is 0.254. The maximum Gasteiger partial charge on any atom is 0.243 e. The van der Waals surface area contributed by atoms with E-state index in [1.807, 2.05) is 47.8 Å². The first kappa shape index (κ1) is 22.1. The molecule has 0 unspecified atom stereocenters. The van der Waals surface area contributed by atoms with E-state index in [4.69, 9.17) is 11.5 Å². The number of thiophene rings is 1. The zero-order valence-corrected chi connectivity index (χ0v) is 16.6. The summed E-state index contributed by atoms with van der Waals surface area (Å²) in [7, 11) is 0. The van der Waals surface area contributed by atoms with Crippen molar-refractivity contribution in [2.24, 2.45) is 11.5 Å². The van der Waals surface area contributed by atoms with E-state index in [2.05, 4.69) is 10.6 Å². The molecule has 0 spiro atoms. The van der Waals surface area contributed by atoms with Crippen LogP contribution in [0.5, 0.6) is 0 Å². The summed E-state index contributed by atoms with van der Waals surface area (Å²) in [4.78, 5) is 48.6. The lowest BCUT2D eigenvalue weighted by molar-refractivity contribution is -0.131. The van der Waals surface area contributed by atoms with E-state index >= 15 is 0 Å². The molecule has 0 aliphatic heterocycles. The van der Waals surface area contributed by atoms with Gasteiger partial charge in [-0.2, -0.15) is 0 Å². The highest BCUT2D eigenvalue weighted by Crippen LogP contribution is 2.12. The Morgan fingerprint density at radius 1 is 0.862 bits per heavy atom. The van der Waals surface area contributed by atoms with Gasteiger partial charge in [-0.1, -0.05) is 36.4 Å². The Balaban J connectivity index is 2.08. The molecule has 2 rings (SSSR count). The molecule has 154 valence electrons. The van der Waals surface area contributed by atoms with Gasteiger partial charge >= 0.3 is 0 Å². The van der Waals surface area contributed by atoms with Crippen LogP contribution in [0.15, 0.2) is 47.8 Å².